The number of amides is 2. The number of fused-ring (bicyclic) bond motifs is 1. The van der Waals surface area contributed by atoms with Gasteiger partial charge in [0.05, 0.1) is 6.21 Å². The van der Waals surface area contributed by atoms with Crippen LogP contribution < -0.4 is 15.5 Å². The molecule has 2 N–H and O–H groups in total. The predicted molar refractivity (Wildman–Crippen MR) is 109 cm³/mol. The van der Waals surface area contributed by atoms with Gasteiger partial charge in [0.1, 0.15) is 24.0 Å². The van der Waals surface area contributed by atoms with Crippen molar-refractivity contribution in [3.8, 4) is 5.75 Å². The Balaban J connectivity index is 1.96. The number of nitrogens with zero attached hydrogens (tertiary/aromatic N) is 1. The van der Waals surface area contributed by atoms with E-state index in [1.54, 1.807) is 27.0 Å². The summed E-state index contributed by atoms with van der Waals surface area (Å²) in [4.78, 5) is 24.5. The SMILES string of the molecule is CC(C)C[C@H](NC(=O)OC(C)(C)C)C(=O)NN=CC1=Cc2ccccc2OC1. The van der Waals surface area contributed by atoms with Gasteiger partial charge in [-0.25, -0.2) is 10.2 Å². The number of hydrazone groups is 1. The lowest BCUT2D eigenvalue weighted by atomic mass is 10.0. The molecule has 1 atom stereocenters. The van der Waals surface area contributed by atoms with Crippen LogP contribution in [0, 0.1) is 5.92 Å². The Morgan fingerprint density at radius 1 is 1.29 bits per heavy atom. The van der Waals surface area contributed by atoms with Gasteiger partial charge in [0, 0.05) is 11.1 Å². The van der Waals surface area contributed by atoms with Crippen molar-refractivity contribution in [2.45, 2.75) is 52.7 Å². The highest BCUT2D eigenvalue weighted by molar-refractivity contribution is 5.90. The lowest BCUT2D eigenvalue weighted by Gasteiger charge is -2.23. The first-order valence-corrected chi connectivity index (χ1v) is 9.39. The first kappa shape index (κ1) is 21.5. The number of carbonyl (C=O) groups excluding carboxylic acids is 2. The molecule has 0 unspecified atom stereocenters. The van der Waals surface area contributed by atoms with Crippen LogP contribution in [-0.4, -0.2) is 36.5 Å². The number of hydrogen-bond donors (Lipinski definition) is 2. The normalized spacial score (nSPS) is 14.7. The molecule has 28 heavy (non-hydrogen) atoms. The molecule has 1 aliphatic rings. The summed E-state index contributed by atoms with van der Waals surface area (Å²) in [5, 5.41) is 6.63. The van der Waals surface area contributed by atoms with E-state index in [0.29, 0.717) is 13.0 Å². The molecule has 0 saturated carbocycles. The molecule has 0 saturated heterocycles. The molecule has 0 fully saturated rings. The Kier molecular flexibility index (Phi) is 7.20. The van der Waals surface area contributed by atoms with Crippen LogP contribution >= 0.6 is 0 Å². The van der Waals surface area contributed by atoms with Crippen LogP contribution in [0.15, 0.2) is 34.9 Å². The molecular formula is C21H29N3O4. The number of ether oxygens (including phenoxy) is 2. The minimum atomic E-state index is -0.732. The maximum absolute atomic E-state index is 12.5. The molecule has 0 bridgehead atoms. The summed E-state index contributed by atoms with van der Waals surface area (Å²) in [6.07, 6.45) is 3.35. The largest absolute Gasteiger partial charge is 0.488 e. The third kappa shape index (κ3) is 7.06. The lowest BCUT2D eigenvalue weighted by molar-refractivity contribution is -0.123. The van der Waals surface area contributed by atoms with E-state index in [9.17, 15) is 9.59 Å². The molecule has 152 valence electrons. The van der Waals surface area contributed by atoms with Crippen LogP contribution in [-0.2, 0) is 9.53 Å². The van der Waals surface area contributed by atoms with Crippen LogP contribution in [0.4, 0.5) is 4.79 Å². The van der Waals surface area contributed by atoms with Crippen molar-refractivity contribution in [1.29, 1.82) is 0 Å². The molecule has 2 amide bonds. The fourth-order valence-electron chi connectivity index (χ4n) is 2.62. The van der Waals surface area contributed by atoms with Gasteiger partial charge < -0.3 is 14.8 Å². The van der Waals surface area contributed by atoms with E-state index in [0.717, 1.165) is 16.9 Å². The fraction of sp³-hybridized carbons (Fsp3) is 0.476. The number of benzene rings is 1. The molecule has 1 aliphatic heterocycles. The van der Waals surface area contributed by atoms with E-state index in [1.807, 2.05) is 44.2 Å². The van der Waals surface area contributed by atoms with Gasteiger partial charge in [-0.2, -0.15) is 5.10 Å². The van der Waals surface area contributed by atoms with Gasteiger partial charge in [-0.1, -0.05) is 32.0 Å². The minimum Gasteiger partial charge on any atom is -0.488 e. The second-order valence-corrected chi connectivity index (χ2v) is 8.11. The summed E-state index contributed by atoms with van der Waals surface area (Å²) in [5.41, 5.74) is 3.65. The molecule has 0 aromatic heterocycles. The molecule has 0 spiro atoms. The highest BCUT2D eigenvalue weighted by atomic mass is 16.6. The van der Waals surface area contributed by atoms with E-state index in [4.69, 9.17) is 9.47 Å². The smallest absolute Gasteiger partial charge is 0.408 e. The molecule has 7 heteroatoms. The van der Waals surface area contributed by atoms with Gasteiger partial charge in [-0.3, -0.25) is 4.79 Å². The maximum Gasteiger partial charge on any atom is 0.408 e. The maximum atomic E-state index is 12.5. The Labute approximate surface area is 166 Å². The predicted octanol–water partition coefficient (Wildman–Crippen LogP) is 3.50. The van der Waals surface area contributed by atoms with Gasteiger partial charge in [0.25, 0.3) is 5.91 Å². The topological polar surface area (TPSA) is 89.0 Å². The van der Waals surface area contributed by atoms with Crippen molar-refractivity contribution in [3.63, 3.8) is 0 Å². The van der Waals surface area contributed by atoms with Crippen molar-refractivity contribution >= 4 is 24.3 Å². The summed E-state index contributed by atoms with van der Waals surface area (Å²) in [6.45, 7) is 9.64. The van der Waals surface area contributed by atoms with Crippen molar-refractivity contribution in [1.82, 2.24) is 10.7 Å². The van der Waals surface area contributed by atoms with Crippen LogP contribution in [0.3, 0.4) is 0 Å². The summed E-state index contributed by atoms with van der Waals surface area (Å²) in [5.74, 6) is 0.636. The monoisotopic (exact) mass is 387 g/mol. The molecule has 1 aromatic rings. The summed E-state index contributed by atoms with van der Waals surface area (Å²) < 4.78 is 10.9. The summed E-state index contributed by atoms with van der Waals surface area (Å²) >= 11 is 0. The van der Waals surface area contributed by atoms with Gasteiger partial charge in [0.15, 0.2) is 0 Å². The number of rotatable bonds is 6. The highest BCUT2D eigenvalue weighted by Gasteiger charge is 2.25. The summed E-state index contributed by atoms with van der Waals surface area (Å²) in [6, 6.07) is 6.96. The zero-order valence-corrected chi connectivity index (χ0v) is 17.1. The average Bonchev–Trinajstić information content (AvgIpc) is 2.59. The van der Waals surface area contributed by atoms with Crippen molar-refractivity contribution in [2.75, 3.05) is 6.61 Å². The van der Waals surface area contributed by atoms with Gasteiger partial charge >= 0.3 is 6.09 Å². The zero-order valence-electron chi connectivity index (χ0n) is 17.1. The molecule has 0 aliphatic carbocycles. The van der Waals surface area contributed by atoms with Gasteiger partial charge in [-0.05, 0) is 45.3 Å². The van der Waals surface area contributed by atoms with Crippen LogP contribution in [0.25, 0.3) is 6.08 Å². The number of alkyl carbamates (subject to hydrolysis) is 1. The molecule has 0 radical (unpaired) electrons. The molecule has 1 heterocycles. The average molecular weight is 387 g/mol. The first-order chi connectivity index (χ1) is 13.1. The van der Waals surface area contributed by atoms with E-state index in [-0.39, 0.29) is 5.92 Å². The van der Waals surface area contributed by atoms with Crippen LogP contribution in [0.1, 0.15) is 46.6 Å². The molecule has 1 aromatic carbocycles. The molecule has 2 rings (SSSR count). The third-order valence-corrected chi connectivity index (χ3v) is 3.77. The van der Waals surface area contributed by atoms with Crippen molar-refractivity contribution in [3.05, 3.63) is 35.4 Å². The minimum absolute atomic E-state index is 0.209. The Bertz CT molecular complexity index is 763. The number of carbonyl (C=O) groups is 2. The van der Waals surface area contributed by atoms with E-state index in [1.165, 1.54) is 0 Å². The molecule has 7 nitrogen and oxygen atoms in total. The number of nitrogens with one attached hydrogen (secondary N) is 2. The number of hydrogen-bond acceptors (Lipinski definition) is 5. The second-order valence-electron chi connectivity index (χ2n) is 8.11. The van der Waals surface area contributed by atoms with Crippen LogP contribution in [0.2, 0.25) is 0 Å². The lowest BCUT2D eigenvalue weighted by Crippen LogP contribution is -2.47. The van der Waals surface area contributed by atoms with Crippen molar-refractivity contribution in [2.24, 2.45) is 11.0 Å². The van der Waals surface area contributed by atoms with E-state index >= 15 is 0 Å². The fourth-order valence-corrected chi connectivity index (χ4v) is 2.62. The summed E-state index contributed by atoms with van der Waals surface area (Å²) in [7, 11) is 0. The van der Waals surface area contributed by atoms with E-state index < -0.39 is 23.6 Å². The van der Waals surface area contributed by atoms with Gasteiger partial charge in [0.2, 0.25) is 0 Å². The highest BCUT2D eigenvalue weighted by Crippen LogP contribution is 2.24. The standard InChI is InChI=1S/C21H29N3O4/c1-14(2)10-17(23-20(26)28-21(3,4)5)19(25)24-22-12-15-11-16-8-6-7-9-18(16)27-13-15/h6-9,11-12,14,17H,10,13H2,1-5H3,(H,23,26)(H,24,25)/t17-/m0/s1. The quantitative estimate of drug-likeness (QED) is 0.577. The Hall–Kier alpha value is -2.83. The zero-order chi connectivity index (χ0) is 20.7. The number of para-hydroxylation sites is 1. The third-order valence-electron chi connectivity index (χ3n) is 3.77. The first-order valence-electron chi connectivity index (χ1n) is 9.39. The van der Waals surface area contributed by atoms with E-state index in [2.05, 4.69) is 15.8 Å². The van der Waals surface area contributed by atoms with Crippen LogP contribution in [0.5, 0.6) is 5.75 Å². The Morgan fingerprint density at radius 2 is 2.00 bits per heavy atom. The van der Waals surface area contributed by atoms with Crippen molar-refractivity contribution < 1.29 is 19.1 Å². The Morgan fingerprint density at radius 3 is 2.68 bits per heavy atom. The second kappa shape index (κ2) is 9.39. The van der Waals surface area contributed by atoms with Gasteiger partial charge in [-0.15, -0.1) is 0 Å². The molecular weight excluding hydrogens is 358 g/mol.